The van der Waals surface area contributed by atoms with Gasteiger partial charge in [0.25, 0.3) is 11.7 Å². The van der Waals surface area contributed by atoms with Gasteiger partial charge in [-0.15, -0.1) is 0 Å². The fraction of sp³-hybridized carbons (Fsp3) is 0.333. The molecule has 0 bridgehead atoms. The highest BCUT2D eigenvalue weighted by atomic mass is 16.5. The van der Waals surface area contributed by atoms with Gasteiger partial charge in [-0.2, -0.15) is 0 Å². The van der Waals surface area contributed by atoms with Gasteiger partial charge in [-0.05, 0) is 44.2 Å². The molecule has 2 aromatic rings. The van der Waals surface area contributed by atoms with Crippen LogP contribution in [0.1, 0.15) is 31.0 Å². The third kappa shape index (κ3) is 4.56. The number of hydrogen-bond acceptors (Lipinski definition) is 6. The zero-order valence-electron chi connectivity index (χ0n) is 18.1. The van der Waals surface area contributed by atoms with Gasteiger partial charge in [-0.1, -0.05) is 18.2 Å². The molecule has 1 aliphatic rings. The molecule has 164 valence electrons. The van der Waals surface area contributed by atoms with Crippen molar-refractivity contribution in [3.05, 3.63) is 65.2 Å². The third-order valence-electron chi connectivity index (χ3n) is 5.02. The number of ketones is 1. The average molecular weight is 425 g/mol. The Morgan fingerprint density at radius 3 is 2.35 bits per heavy atom. The highest BCUT2D eigenvalue weighted by Crippen LogP contribution is 2.42. The molecule has 0 spiro atoms. The molecule has 1 atom stereocenters. The van der Waals surface area contributed by atoms with Crippen molar-refractivity contribution < 1.29 is 28.9 Å². The Kier molecular flexibility index (Phi) is 6.97. The average Bonchev–Trinajstić information content (AvgIpc) is 3.01. The number of Topliss-reactive ketones (excluding diaryl/α,β-unsaturated/α-hetero) is 1. The summed E-state index contributed by atoms with van der Waals surface area (Å²) < 4.78 is 16.2. The fourth-order valence-corrected chi connectivity index (χ4v) is 3.60. The van der Waals surface area contributed by atoms with E-state index in [4.69, 9.17) is 14.2 Å². The lowest BCUT2D eigenvalue weighted by atomic mass is 9.94. The van der Waals surface area contributed by atoms with Gasteiger partial charge in [0.15, 0.2) is 0 Å². The van der Waals surface area contributed by atoms with Gasteiger partial charge in [-0.3, -0.25) is 9.59 Å². The maximum Gasteiger partial charge on any atom is 0.295 e. The number of rotatable bonds is 8. The Hall–Kier alpha value is -3.32. The topological polar surface area (TPSA) is 85.3 Å². The number of carbonyl (C=O) groups is 2. The minimum atomic E-state index is -0.799. The number of methoxy groups -OCH3 is 2. The molecule has 0 aliphatic carbocycles. The maximum absolute atomic E-state index is 13.0. The van der Waals surface area contributed by atoms with Crippen LogP contribution >= 0.6 is 0 Å². The summed E-state index contributed by atoms with van der Waals surface area (Å²) >= 11 is 0. The SMILES string of the molecule is COCCN1C(=O)C(=O)/C(=C(\O)c2ccc(OC)cc2)C1c1ccccc1OC(C)C. The predicted molar refractivity (Wildman–Crippen MR) is 116 cm³/mol. The molecule has 3 rings (SSSR count). The fourth-order valence-electron chi connectivity index (χ4n) is 3.60. The second kappa shape index (κ2) is 9.66. The lowest BCUT2D eigenvalue weighted by molar-refractivity contribution is -0.140. The van der Waals surface area contributed by atoms with E-state index in [1.807, 2.05) is 26.0 Å². The van der Waals surface area contributed by atoms with Crippen LogP contribution in [-0.4, -0.2) is 55.2 Å². The van der Waals surface area contributed by atoms with Crippen LogP contribution in [0, 0.1) is 0 Å². The summed E-state index contributed by atoms with van der Waals surface area (Å²) in [7, 11) is 3.07. The maximum atomic E-state index is 13.0. The molecular weight excluding hydrogens is 398 g/mol. The lowest BCUT2D eigenvalue weighted by Gasteiger charge is -2.27. The quantitative estimate of drug-likeness (QED) is 0.396. The van der Waals surface area contributed by atoms with E-state index in [1.54, 1.807) is 43.5 Å². The summed E-state index contributed by atoms with van der Waals surface area (Å²) in [5, 5.41) is 11.1. The van der Waals surface area contributed by atoms with E-state index in [-0.39, 0.29) is 30.6 Å². The number of nitrogens with zero attached hydrogens (tertiary/aromatic N) is 1. The van der Waals surface area contributed by atoms with Gasteiger partial charge in [0, 0.05) is 24.8 Å². The minimum Gasteiger partial charge on any atom is -0.507 e. The van der Waals surface area contributed by atoms with E-state index in [0.717, 1.165) is 0 Å². The van der Waals surface area contributed by atoms with E-state index >= 15 is 0 Å². The Bertz CT molecular complexity index is 980. The zero-order chi connectivity index (χ0) is 22.5. The molecule has 0 aromatic heterocycles. The van der Waals surface area contributed by atoms with Crippen molar-refractivity contribution in [3.63, 3.8) is 0 Å². The van der Waals surface area contributed by atoms with Crippen molar-refractivity contribution in [2.75, 3.05) is 27.4 Å². The summed E-state index contributed by atoms with van der Waals surface area (Å²) in [6.07, 6.45) is -0.107. The number of amides is 1. The first kappa shape index (κ1) is 22.4. The largest absolute Gasteiger partial charge is 0.507 e. The third-order valence-corrected chi connectivity index (χ3v) is 5.02. The first-order valence-corrected chi connectivity index (χ1v) is 10.1. The van der Waals surface area contributed by atoms with E-state index < -0.39 is 17.7 Å². The lowest BCUT2D eigenvalue weighted by Crippen LogP contribution is -2.33. The number of para-hydroxylation sites is 1. The summed E-state index contributed by atoms with van der Waals surface area (Å²) in [5.74, 6) is -0.507. The molecule has 1 unspecified atom stereocenters. The first-order chi connectivity index (χ1) is 14.9. The molecule has 1 saturated heterocycles. The summed E-state index contributed by atoms with van der Waals surface area (Å²) in [4.78, 5) is 27.3. The Morgan fingerprint density at radius 1 is 1.06 bits per heavy atom. The smallest absolute Gasteiger partial charge is 0.295 e. The highest BCUT2D eigenvalue weighted by molar-refractivity contribution is 6.46. The number of aliphatic hydroxyl groups excluding tert-OH is 1. The van der Waals surface area contributed by atoms with Crippen LogP contribution in [0.2, 0.25) is 0 Å². The molecule has 1 aliphatic heterocycles. The van der Waals surface area contributed by atoms with Crippen molar-refractivity contribution in [3.8, 4) is 11.5 Å². The van der Waals surface area contributed by atoms with Crippen LogP contribution in [-0.2, 0) is 14.3 Å². The molecule has 7 heteroatoms. The molecule has 1 heterocycles. The van der Waals surface area contributed by atoms with E-state index in [0.29, 0.717) is 22.6 Å². The highest BCUT2D eigenvalue weighted by Gasteiger charge is 2.46. The first-order valence-electron chi connectivity index (χ1n) is 10.1. The van der Waals surface area contributed by atoms with Crippen molar-refractivity contribution in [1.29, 1.82) is 0 Å². The van der Waals surface area contributed by atoms with Gasteiger partial charge < -0.3 is 24.2 Å². The Balaban J connectivity index is 2.18. The molecule has 1 N–H and O–H groups in total. The number of hydrogen-bond donors (Lipinski definition) is 1. The molecule has 31 heavy (non-hydrogen) atoms. The van der Waals surface area contributed by atoms with Gasteiger partial charge in [0.05, 0.1) is 31.4 Å². The predicted octanol–water partition coefficient (Wildman–Crippen LogP) is 3.55. The molecular formula is C24H27NO6. The molecule has 1 fully saturated rings. The summed E-state index contributed by atoms with van der Waals surface area (Å²) in [5.41, 5.74) is 1.06. The zero-order valence-corrected chi connectivity index (χ0v) is 18.1. The summed E-state index contributed by atoms with van der Waals surface area (Å²) in [6.45, 7) is 4.24. The normalized spacial score (nSPS) is 18.0. The molecule has 0 saturated carbocycles. The van der Waals surface area contributed by atoms with Crippen molar-refractivity contribution in [1.82, 2.24) is 4.90 Å². The van der Waals surface area contributed by atoms with Gasteiger partial charge in [0.2, 0.25) is 0 Å². The number of likely N-dealkylation sites (tertiary alicyclic amines) is 1. The minimum absolute atomic E-state index is 0.0195. The Labute approximate surface area is 181 Å². The van der Waals surface area contributed by atoms with Gasteiger partial charge in [0.1, 0.15) is 17.3 Å². The van der Waals surface area contributed by atoms with E-state index in [1.165, 1.54) is 12.0 Å². The Morgan fingerprint density at radius 2 is 1.74 bits per heavy atom. The van der Waals surface area contributed by atoms with Crippen molar-refractivity contribution >= 4 is 17.4 Å². The van der Waals surface area contributed by atoms with Crippen LogP contribution in [0.4, 0.5) is 0 Å². The van der Waals surface area contributed by atoms with Crippen LogP contribution in [0.5, 0.6) is 11.5 Å². The van der Waals surface area contributed by atoms with E-state index in [9.17, 15) is 14.7 Å². The monoisotopic (exact) mass is 425 g/mol. The number of carbonyl (C=O) groups excluding carboxylic acids is 2. The molecule has 1 amide bonds. The molecule has 7 nitrogen and oxygen atoms in total. The number of benzene rings is 2. The van der Waals surface area contributed by atoms with E-state index in [2.05, 4.69) is 0 Å². The van der Waals surface area contributed by atoms with Crippen LogP contribution in [0.3, 0.4) is 0 Å². The molecule has 2 aromatic carbocycles. The van der Waals surface area contributed by atoms with Gasteiger partial charge in [-0.25, -0.2) is 0 Å². The number of aliphatic hydroxyl groups is 1. The standard InChI is InChI=1S/C24H27NO6/c1-15(2)31-19-8-6-5-7-18(19)21-20(23(27)24(28)25(21)13-14-29-3)22(26)16-9-11-17(30-4)12-10-16/h5-12,15,21,26H,13-14H2,1-4H3/b22-20-. The second-order valence-corrected chi connectivity index (χ2v) is 7.42. The van der Waals surface area contributed by atoms with Crippen LogP contribution in [0.25, 0.3) is 5.76 Å². The van der Waals surface area contributed by atoms with Gasteiger partial charge >= 0.3 is 0 Å². The van der Waals surface area contributed by atoms with Crippen molar-refractivity contribution in [2.45, 2.75) is 26.0 Å². The van der Waals surface area contributed by atoms with Crippen LogP contribution < -0.4 is 9.47 Å². The van der Waals surface area contributed by atoms with Crippen molar-refractivity contribution in [2.24, 2.45) is 0 Å². The second-order valence-electron chi connectivity index (χ2n) is 7.42. The molecule has 0 radical (unpaired) electrons. The number of ether oxygens (including phenoxy) is 3. The summed E-state index contributed by atoms with van der Waals surface area (Å²) in [6, 6.07) is 13.1. The van der Waals surface area contributed by atoms with Crippen LogP contribution in [0.15, 0.2) is 54.1 Å².